The van der Waals surface area contributed by atoms with E-state index in [1.807, 2.05) is 0 Å². The fourth-order valence-electron chi connectivity index (χ4n) is 1.02. The third-order valence-corrected chi connectivity index (χ3v) is 3.15. The van der Waals surface area contributed by atoms with Gasteiger partial charge < -0.3 is 9.47 Å². The van der Waals surface area contributed by atoms with Crippen molar-refractivity contribution in [2.75, 3.05) is 13.7 Å². The Bertz CT molecular complexity index is 381. The highest BCUT2D eigenvalue weighted by Crippen LogP contribution is 2.37. The zero-order valence-electron chi connectivity index (χ0n) is 8.27. The van der Waals surface area contributed by atoms with Gasteiger partial charge in [0.05, 0.1) is 16.1 Å². The van der Waals surface area contributed by atoms with Crippen LogP contribution in [0.2, 0.25) is 0 Å². The van der Waals surface area contributed by atoms with Crippen LogP contribution in [-0.4, -0.2) is 13.7 Å². The smallest absolute Gasteiger partial charge is 0.147 e. The summed E-state index contributed by atoms with van der Waals surface area (Å²) in [5.41, 5.74) is 0. The molecule has 0 saturated heterocycles. The quantitative estimate of drug-likeness (QED) is 0.726. The molecule has 2 nitrogen and oxygen atoms in total. The molecule has 0 aromatic heterocycles. The molecule has 0 spiro atoms. The summed E-state index contributed by atoms with van der Waals surface area (Å²) >= 11 is 17.7. The van der Waals surface area contributed by atoms with Gasteiger partial charge in [-0.2, -0.15) is 0 Å². The molecule has 16 heavy (non-hydrogen) atoms. The number of rotatable bonds is 4. The predicted octanol–water partition coefficient (Wildman–Crippen LogP) is 4.92. The Morgan fingerprint density at radius 3 is 2.31 bits per heavy atom. The first-order valence-corrected chi connectivity index (χ1v) is 6.55. The molecule has 0 radical (unpaired) electrons. The normalized spacial score (nSPS) is 9.81. The van der Waals surface area contributed by atoms with Crippen LogP contribution in [0.3, 0.4) is 0 Å². The maximum absolute atomic E-state index is 5.46. The number of hydrogen-bond acceptors (Lipinski definition) is 2. The first kappa shape index (κ1) is 14.2. The van der Waals surface area contributed by atoms with E-state index >= 15 is 0 Å². The van der Waals surface area contributed by atoms with Gasteiger partial charge in [0.15, 0.2) is 0 Å². The van der Waals surface area contributed by atoms with E-state index in [9.17, 15) is 0 Å². The number of methoxy groups -OCH3 is 1. The summed E-state index contributed by atoms with van der Waals surface area (Å²) in [5, 5.41) is 0. The van der Waals surface area contributed by atoms with E-state index in [-0.39, 0.29) is 4.49 Å². The molecule has 6 heteroatoms. The third-order valence-electron chi connectivity index (χ3n) is 1.66. The van der Waals surface area contributed by atoms with E-state index in [2.05, 4.69) is 31.9 Å². The number of benzene rings is 1. The average Bonchev–Trinajstić information content (AvgIpc) is 2.16. The first-order chi connectivity index (χ1) is 7.54. The highest BCUT2D eigenvalue weighted by atomic mass is 79.9. The van der Waals surface area contributed by atoms with E-state index in [1.165, 1.54) is 0 Å². The van der Waals surface area contributed by atoms with Crippen LogP contribution in [0.4, 0.5) is 0 Å². The molecule has 1 rings (SSSR count). The van der Waals surface area contributed by atoms with Crippen LogP contribution in [0.5, 0.6) is 11.5 Å². The SMILES string of the molecule is COc1c(Br)cc(OCC=C(Cl)Cl)cc1Br. The molecule has 1 aromatic carbocycles. The van der Waals surface area contributed by atoms with Crippen molar-refractivity contribution >= 4 is 55.1 Å². The summed E-state index contributed by atoms with van der Waals surface area (Å²) in [7, 11) is 1.60. The van der Waals surface area contributed by atoms with E-state index < -0.39 is 0 Å². The first-order valence-electron chi connectivity index (χ1n) is 4.21. The van der Waals surface area contributed by atoms with Gasteiger partial charge in [-0.05, 0) is 50.1 Å². The van der Waals surface area contributed by atoms with Gasteiger partial charge in [-0.1, -0.05) is 23.2 Å². The molecule has 0 unspecified atom stereocenters. The zero-order valence-corrected chi connectivity index (χ0v) is 13.0. The van der Waals surface area contributed by atoms with Crippen LogP contribution in [0, 0.1) is 0 Å². The second-order valence-electron chi connectivity index (χ2n) is 2.72. The molecule has 0 amide bonds. The van der Waals surface area contributed by atoms with Crippen LogP contribution in [0.25, 0.3) is 0 Å². The molecule has 88 valence electrons. The highest BCUT2D eigenvalue weighted by Gasteiger charge is 2.08. The van der Waals surface area contributed by atoms with Crippen molar-refractivity contribution < 1.29 is 9.47 Å². The van der Waals surface area contributed by atoms with Gasteiger partial charge in [-0.25, -0.2) is 0 Å². The fourth-order valence-corrected chi connectivity index (χ4v) is 2.61. The molecule has 0 bridgehead atoms. The van der Waals surface area contributed by atoms with Gasteiger partial charge in [0.1, 0.15) is 22.6 Å². The summed E-state index contributed by atoms with van der Waals surface area (Å²) < 4.78 is 12.4. The average molecular weight is 391 g/mol. The molecule has 0 aliphatic carbocycles. The zero-order chi connectivity index (χ0) is 12.1. The standard InChI is InChI=1S/C10H8Br2Cl2O2/c1-15-10-7(11)4-6(5-8(10)12)16-3-2-9(13)14/h2,4-5H,3H2,1H3. The topological polar surface area (TPSA) is 18.5 Å². The van der Waals surface area contributed by atoms with Crippen molar-refractivity contribution in [1.29, 1.82) is 0 Å². The monoisotopic (exact) mass is 388 g/mol. The van der Waals surface area contributed by atoms with Gasteiger partial charge in [-0.3, -0.25) is 0 Å². The van der Waals surface area contributed by atoms with Crippen molar-refractivity contribution in [1.82, 2.24) is 0 Å². The van der Waals surface area contributed by atoms with E-state index in [4.69, 9.17) is 32.7 Å². The Kier molecular flexibility index (Phi) is 5.97. The molecular weight excluding hydrogens is 383 g/mol. The van der Waals surface area contributed by atoms with E-state index in [1.54, 1.807) is 25.3 Å². The van der Waals surface area contributed by atoms with Crippen LogP contribution in [-0.2, 0) is 0 Å². The Morgan fingerprint density at radius 2 is 1.88 bits per heavy atom. The Balaban J connectivity index is 2.80. The molecule has 0 aliphatic rings. The predicted molar refractivity (Wildman–Crippen MR) is 73.7 cm³/mol. The van der Waals surface area contributed by atoms with Crippen LogP contribution in [0.1, 0.15) is 0 Å². The fraction of sp³-hybridized carbons (Fsp3) is 0.200. The highest BCUT2D eigenvalue weighted by molar-refractivity contribution is 9.11. The summed E-state index contributed by atoms with van der Waals surface area (Å²) in [5.74, 6) is 1.41. The number of hydrogen-bond donors (Lipinski definition) is 0. The van der Waals surface area contributed by atoms with Gasteiger partial charge >= 0.3 is 0 Å². The minimum absolute atomic E-state index is 0.187. The maximum Gasteiger partial charge on any atom is 0.147 e. The lowest BCUT2D eigenvalue weighted by atomic mass is 10.3. The Hall–Kier alpha value is 0.1000. The molecule has 0 aliphatic heterocycles. The molecule has 0 N–H and O–H groups in total. The summed E-state index contributed by atoms with van der Waals surface area (Å²) in [6, 6.07) is 3.61. The van der Waals surface area contributed by atoms with Gasteiger partial charge in [-0.15, -0.1) is 0 Å². The van der Waals surface area contributed by atoms with E-state index in [0.717, 1.165) is 14.7 Å². The lowest BCUT2D eigenvalue weighted by Crippen LogP contribution is -1.95. The second kappa shape index (κ2) is 6.74. The number of halogens is 4. The van der Waals surface area contributed by atoms with Gasteiger partial charge in [0, 0.05) is 0 Å². The van der Waals surface area contributed by atoms with Crippen LogP contribution in [0.15, 0.2) is 31.6 Å². The largest absolute Gasteiger partial charge is 0.494 e. The minimum Gasteiger partial charge on any atom is -0.494 e. The van der Waals surface area contributed by atoms with Crippen molar-refractivity contribution in [3.8, 4) is 11.5 Å². The molecular formula is C10H8Br2Cl2O2. The molecule has 0 saturated carbocycles. The summed E-state index contributed by atoms with van der Waals surface area (Å²) in [6.45, 7) is 0.313. The lowest BCUT2D eigenvalue weighted by Gasteiger charge is -2.09. The maximum atomic E-state index is 5.46. The summed E-state index contributed by atoms with van der Waals surface area (Å²) in [6.07, 6.45) is 1.56. The molecule has 0 atom stereocenters. The van der Waals surface area contributed by atoms with Gasteiger partial charge in [0.2, 0.25) is 0 Å². The van der Waals surface area contributed by atoms with E-state index in [0.29, 0.717) is 12.4 Å². The number of ether oxygens (including phenoxy) is 2. The molecule has 0 fully saturated rings. The van der Waals surface area contributed by atoms with Crippen LogP contribution >= 0.6 is 55.1 Å². The van der Waals surface area contributed by atoms with Crippen LogP contribution < -0.4 is 9.47 Å². The lowest BCUT2D eigenvalue weighted by molar-refractivity contribution is 0.359. The summed E-state index contributed by atoms with van der Waals surface area (Å²) in [4.78, 5) is 0. The Labute approximate surface area is 121 Å². The third kappa shape index (κ3) is 4.17. The minimum atomic E-state index is 0.187. The molecule has 1 aromatic rings. The van der Waals surface area contributed by atoms with Crippen molar-refractivity contribution in [3.05, 3.63) is 31.6 Å². The second-order valence-corrected chi connectivity index (χ2v) is 5.44. The Morgan fingerprint density at radius 1 is 1.31 bits per heavy atom. The van der Waals surface area contributed by atoms with Crippen molar-refractivity contribution in [2.24, 2.45) is 0 Å². The van der Waals surface area contributed by atoms with Crippen molar-refractivity contribution in [3.63, 3.8) is 0 Å². The molecule has 0 heterocycles. The van der Waals surface area contributed by atoms with Gasteiger partial charge in [0.25, 0.3) is 0 Å². The van der Waals surface area contributed by atoms with Crippen molar-refractivity contribution in [2.45, 2.75) is 0 Å².